The van der Waals surface area contributed by atoms with Gasteiger partial charge in [-0.25, -0.2) is 4.84 Å². The Balaban J connectivity index is 2.22. The van der Waals surface area contributed by atoms with E-state index in [2.05, 4.69) is 4.84 Å². The molecule has 1 fully saturated rings. The van der Waals surface area contributed by atoms with Gasteiger partial charge in [0.25, 0.3) is 0 Å². The maximum atomic E-state index is 9.22. The molecule has 0 spiro atoms. The number of aliphatic hydroxyl groups is 1. The van der Waals surface area contributed by atoms with Crippen molar-refractivity contribution in [3.05, 3.63) is 0 Å². The van der Waals surface area contributed by atoms with Crippen LogP contribution in [0.3, 0.4) is 0 Å². The van der Waals surface area contributed by atoms with Crippen molar-refractivity contribution in [1.82, 2.24) is 4.84 Å². The number of aliphatic hydroxyl groups excluding tert-OH is 1. The summed E-state index contributed by atoms with van der Waals surface area (Å²) in [6.07, 6.45) is 3.09. The molecule has 0 aromatic heterocycles. The summed E-state index contributed by atoms with van der Waals surface area (Å²) >= 11 is 5.29. The van der Waals surface area contributed by atoms with E-state index in [4.69, 9.17) is 11.8 Å². The summed E-state index contributed by atoms with van der Waals surface area (Å²) in [4.78, 5) is 2.55. The van der Waals surface area contributed by atoms with Crippen LogP contribution >= 0.6 is 11.8 Å². The largest absolute Gasteiger partial charge is 0.393 e. The van der Waals surface area contributed by atoms with E-state index in [0.29, 0.717) is 5.92 Å². The molecule has 2 nitrogen and oxygen atoms in total. The Morgan fingerprint density at radius 3 is 2.78 bits per heavy atom. The van der Waals surface area contributed by atoms with E-state index >= 15 is 0 Å². The smallest absolute Gasteiger partial charge is 0.0581 e. The van der Waals surface area contributed by atoms with Gasteiger partial charge in [-0.1, -0.05) is 6.42 Å². The second-order valence-electron chi connectivity index (χ2n) is 2.60. The van der Waals surface area contributed by atoms with Crippen molar-refractivity contribution in [3.8, 4) is 0 Å². The molecule has 54 valence electrons. The Morgan fingerprint density at radius 2 is 2.33 bits per heavy atom. The SMILES string of the molecule is O[C@H]1CCC[C@H]1CNCl. The van der Waals surface area contributed by atoms with Crippen molar-refractivity contribution >= 4 is 11.8 Å². The van der Waals surface area contributed by atoms with Crippen molar-refractivity contribution in [3.63, 3.8) is 0 Å². The zero-order valence-corrected chi connectivity index (χ0v) is 6.06. The monoisotopic (exact) mass is 149 g/mol. The standard InChI is InChI=1S/C6H12ClNO/c7-8-4-5-2-1-3-6(5)9/h5-6,8-9H,1-4H2/t5-,6-/m0/s1. The molecule has 1 saturated carbocycles. The molecule has 9 heavy (non-hydrogen) atoms. The number of halogens is 1. The van der Waals surface area contributed by atoms with Crippen molar-refractivity contribution in [2.75, 3.05) is 6.54 Å². The van der Waals surface area contributed by atoms with E-state index in [0.717, 1.165) is 25.8 Å². The van der Waals surface area contributed by atoms with E-state index < -0.39 is 0 Å². The first-order valence-corrected chi connectivity index (χ1v) is 3.74. The molecule has 0 saturated heterocycles. The molecule has 0 aromatic rings. The van der Waals surface area contributed by atoms with Gasteiger partial charge in [0.2, 0.25) is 0 Å². The zero-order chi connectivity index (χ0) is 6.69. The van der Waals surface area contributed by atoms with Gasteiger partial charge in [0.1, 0.15) is 0 Å². The fraction of sp³-hybridized carbons (Fsp3) is 1.00. The molecule has 0 heterocycles. The molecule has 3 heteroatoms. The Labute approximate surface area is 60.3 Å². The van der Waals surface area contributed by atoms with Gasteiger partial charge in [-0.3, -0.25) is 0 Å². The van der Waals surface area contributed by atoms with Gasteiger partial charge >= 0.3 is 0 Å². The minimum atomic E-state index is -0.115. The Morgan fingerprint density at radius 1 is 1.56 bits per heavy atom. The second kappa shape index (κ2) is 3.40. The third-order valence-electron chi connectivity index (χ3n) is 1.96. The summed E-state index contributed by atoms with van der Waals surface area (Å²) in [5.74, 6) is 0.391. The Hall–Kier alpha value is 0.210. The highest BCUT2D eigenvalue weighted by molar-refractivity contribution is 6.13. The van der Waals surface area contributed by atoms with Gasteiger partial charge < -0.3 is 5.11 Å². The normalized spacial score (nSPS) is 35.3. The number of hydrogen-bond donors (Lipinski definition) is 2. The highest BCUT2D eigenvalue weighted by Crippen LogP contribution is 2.24. The van der Waals surface area contributed by atoms with Crippen molar-refractivity contribution in [2.24, 2.45) is 5.92 Å². The minimum Gasteiger partial charge on any atom is -0.393 e. The molecular formula is C6H12ClNO. The van der Waals surface area contributed by atoms with Gasteiger partial charge in [-0.15, -0.1) is 0 Å². The van der Waals surface area contributed by atoms with Crippen molar-refractivity contribution < 1.29 is 5.11 Å². The highest BCUT2D eigenvalue weighted by atomic mass is 35.5. The lowest BCUT2D eigenvalue weighted by Crippen LogP contribution is -2.22. The molecular weight excluding hydrogens is 138 g/mol. The third kappa shape index (κ3) is 1.81. The summed E-state index contributed by atoms with van der Waals surface area (Å²) in [5, 5.41) is 9.22. The predicted molar refractivity (Wildman–Crippen MR) is 37.2 cm³/mol. The molecule has 0 bridgehead atoms. The molecule has 1 aliphatic carbocycles. The lowest BCUT2D eigenvalue weighted by Gasteiger charge is -2.11. The maximum absolute atomic E-state index is 9.22. The van der Waals surface area contributed by atoms with Crippen LogP contribution in [0.15, 0.2) is 0 Å². The predicted octanol–water partition coefficient (Wildman–Crippen LogP) is 0.891. The summed E-state index contributed by atoms with van der Waals surface area (Å²) in [6.45, 7) is 0.739. The molecule has 2 atom stereocenters. The number of hydrogen-bond acceptors (Lipinski definition) is 2. The van der Waals surface area contributed by atoms with Gasteiger partial charge in [-0.05, 0) is 30.5 Å². The Kier molecular flexibility index (Phi) is 2.76. The van der Waals surface area contributed by atoms with E-state index in [9.17, 15) is 5.11 Å². The average Bonchev–Trinajstić information content (AvgIpc) is 2.18. The zero-order valence-electron chi connectivity index (χ0n) is 5.31. The topological polar surface area (TPSA) is 32.3 Å². The number of rotatable bonds is 2. The number of nitrogens with one attached hydrogen (secondary N) is 1. The van der Waals surface area contributed by atoms with Gasteiger partial charge in [0, 0.05) is 6.54 Å². The minimum absolute atomic E-state index is 0.115. The molecule has 0 amide bonds. The van der Waals surface area contributed by atoms with Crippen LogP contribution in [0, 0.1) is 5.92 Å². The summed E-state index contributed by atoms with van der Waals surface area (Å²) in [7, 11) is 0. The van der Waals surface area contributed by atoms with Crippen LogP contribution in [0.1, 0.15) is 19.3 Å². The highest BCUT2D eigenvalue weighted by Gasteiger charge is 2.23. The quantitative estimate of drug-likeness (QED) is 0.572. The van der Waals surface area contributed by atoms with E-state index in [1.54, 1.807) is 0 Å². The first kappa shape index (κ1) is 7.32. The first-order chi connectivity index (χ1) is 4.34. The lowest BCUT2D eigenvalue weighted by molar-refractivity contribution is 0.135. The van der Waals surface area contributed by atoms with Crippen molar-refractivity contribution in [2.45, 2.75) is 25.4 Å². The summed E-state index contributed by atoms with van der Waals surface area (Å²) in [6, 6.07) is 0. The van der Waals surface area contributed by atoms with Crippen LogP contribution in [0.2, 0.25) is 0 Å². The van der Waals surface area contributed by atoms with Gasteiger partial charge in [0.05, 0.1) is 6.10 Å². The third-order valence-corrected chi connectivity index (χ3v) is 2.11. The lowest BCUT2D eigenvalue weighted by atomic mass is 10.1. The van der Waals surface area contributed by atoms with Crippen LogP contribution in [0.25, 0.3) is 0 Å². The molecule has 1 rings (SSSR count). The van der Waals surface area contributed by atoms with Crippen LogP contribution in [-0.2, 0) is 0 Å². The van der Waals surface area contributed by atoms with Gasteiger partial charge in [-0.2, -0.15) is 0 Å². The van der Waals surface area contributed by atoms with Crippen LogP contribution in [0.5, 0.6) is 0 Å². The van der Waals surface area contributed by atoms with E-state index in [1.807, 2.05) is 0 Å². The van der Waals surface area contributed by atoms with Crippen LogP contribution < -0.4 is 4.84 Å². The fourth-order valence-corrected chi connectivity index (χ4v) is 1.55. The first-order valence-electron chi connectivity index (χ1n) is 3.36. The maximum Gasteiger partial charge on any atom is 0.0581 e. The molecule has 0 aliphatic heterocycles. The average molecular weight is 150 g/mol. The van der Waals surface area contributed by atoms with Crippen LogP contribution in [0.4, 0.5) is 0 Å². The Bertz CT molecular complexity index is 89.1. The summed E-state index contributed by atoms with van der Waals surface area (Å²) < 4.78 is 0. The molecule has 1 aliphatic rings. The second-order valence-corrected chi connectivity index (χ2v) is 2.86. The van der Waals surface area contributed by atoms with Crippen molar-refractivity contribution in [1.29, 1.82) is 0 Å². The van der Waals surface area contributed by atoms with Crippen LogP contribution in [-0.4, -0.2) is 17.8 Å². The van der Waals surface area contributed by atoms with Gasteiger partial charge in [0.15, 0.2) is 0 Å². The molecule has 0 radical (unpaired) electrons. The fourth-order valence-electron chi connectivity index (χ4n) is 1.35. The molecule has 2 N–H and O–H groups in total. The summed E-state index contributed by atoms with van der Waals surface area (Å²) in [5.41, 5.74) is 0. The van der Waals surface area contributed by atoms with E-state index in [-0.39, 0.29) is 6.10 Å². The van der Waals surface area contributed by atoms with E-state index in [1.165, 1.54) is 0 Å². The molecule has 0 aromatic carbocycles. The molecule has 0 unspecified atom stereocenters.